The van der Waals surface area contributed by atoms with Gasteiger partial charge in [-0.25, -0.2) is 0 Å². The van der Waals surface area contributed by atoms with E-state index < -0.39 is 17.8 Å². The number of hydrogen-bond donors (Lipinski definition) is 2. The van der Waals surface area contributed by atoms with Crippen LogP contribution in [-0.2, 0) is 9.53 Å². The van der Waals surface area contributed by atoms with E-state index in [4.69, 9.17) is 4.74 Å². The Morgan fingerprint density at radius 1 is 1.27 bits per heavy atom. The number of carbonyl (C=O) groups is 1. The molecule has 1 saturated carbocycles. The Morgan fingerprint density at radius 2 is 2.00 bits per heavy atom. The van der Waals surface area contributed by atoms with Crippen molar-refractivity contribution in [2.24, 2.45) is 22.7 Å². The van der Waals surface area contributed by atoms with Gasteiger partial charge in [-0.05, 0) is 73.8 Å². The minimum Gasteiger partial charge on any atom is -0.396 e. The number of fused-ring (bicyclic) bond motifs is 2. The maximum Gasteiger partial charge on any atom is 0.190 e. The number of aliphatic hydroxyl groups excluding tert-OH is 2. The van der Waals surface area contributed by atoms with E-state index in [1.54, 1.807) is 13.0 Å². The van der Waals surface area contributed by atoms with Crippen LogP contribution in [0.3, 0.4) is 0 Å². The Kier molecular flexibility index (Phi) is 4.08. The van der Waals surface area contributed by atoms with Gasteiger partial charge in [0.05, 0.1) is 0 Å². The van der Waals surface area contributed by atoms with Gasteiger partial charge in [0.1, 0.15) is 11.7 Å². The van der Waals surface area contributed by atoms with Crippen molar-refractivity contribution in [3.05, 3.63) is 23.3 Å². The first-order valence-electron chi connectivity index (χ1n) is 10.0. The summed E-state index contributed by atoms with van der Waals surface area (Å²) >= 11 is 0. The van der Waals surface area contributed by atoms with E-state index in [1.807, 2.05) is 0 Å². The van der Waals surface area contributed by atoms with Crippen LogP contribution in [0.1, 0.15) is 59.8 Å². The van der Waals surface area contributed by atoms with Gasteiger partial charge in [0, 0.05) is 6.61 Å². The lowest BCUT2D eigenvalue weighted by molar-refractivity contribution is -0.117. The topological polar surface area (TPSA) is 70.1 Å². The van der Waals surface area contributed by atoms with E-state index in [0.717, 1.165) is 25.7 Å². The summed E-state index contributed by atoms with van der Waals surface area (Å²) in [6, 6.07) is 0. The first kappa shape index (κ1) is 18.4. The molecule has 4 heteroatoms. The number of carbonyl (C=O) groups excluding carboxylic acids is 1. The van der Waals surface area contributed by atoms with Crippen molar-refractivity contribution in [2.75, 3.05) is 6.61 Å². The minimum absolute atomic E-state index is 0.0262. The van der Waals surface area contributed by atoms with Gasteiger partial charge in [-0.1, -0.05) is 31.9 Å². The largest absolute Gasteiger partial charge is 0.396 e. The third-order valence-corrected chi connectivity index (χ3v) is 8.27. The Morgan fingerprint density at radius 3 is 2.69 bits per heavy atom. The fourth-order valence-corrected chi connectivity index (χ4v) is 6.49. The van der Waals surface area contributed by atoms with E-state index in [9.17, 15) is 15.0 Å². The number of allylic oxidation sites excluding steroid dienone is 2. The van der Waals surface area contributed by atoms with E-state index in [-0.39, 0.29) is 29.1 Å². The first-order valence-corrected chi connectivity index (χ1v) is 10.0. The molecule has 7 atom stereocenters. The average molecular weight is 360 g/mol. The zero-order chi connectivity index (χ0) is 18.9. The van der Waals surface area contributed by atoms with Gasteiger partial charge in [-0.15, -0.1) is 0 Å². The lowest BCUT2D eigenvalue weighted by Crippen LogP contribution is -2.52. The number of ether oxygens (including phenoxy) is 1. The number of hydrogen-bond acceptors (Lipinski definition) is 4. The van der Waals surface area contributed by atoms with Crippen LogP contribution in [0.15, 0.2) is 23.3 Å². The van der Waals surface area contributed by atoms with E-state index >= 15 is 0 Å². The normalized spacial score (nSPS) is 50.5. The second-order valence-electron chi connectivity index (χ2n) is 9.78. The summed E-state index contributed by atoms with van der Waals surface area (Å²) in [5.74, 6) is 0.717. The van der Waals surface area contributed by atoms with Crippen LogP contribution in [0.5, 0.6) is 0 Å². The first-order chi connectivity index (χ1) is 12.2. The Hall–Kier alpha value is -0.970. The summed E-state index contributed by atoms with van der Waals surface area (Å²) in [6.07, 6.45) is 7.81. The van der Waals surface area contributed by atoms with Crippen LogP contribution in [0.25, 0.3) is 0 Å². The van der Waals surface area contributed by atoms with Crippen LogP contribution in [0.2, 0.25) is 0 Å². The molecule has 0 bridgehead atoms. The molecule has 0 aromatic rings. The molecule has 144 valence electrons. The Bertz CT molecular complexity index is 694. The quantitative estimate of drug-likeness (QED) is 0.599. The van der Waals surface area contributed by atoms with Crippen molar-refractivity contribution < 1.29 is 19.7 Å². The van der Waals surface area contributed by atoms with Crippen LogP contribution in [-0.4, -0.2) is 40.4 Å². The molecule has 1 aliphatic heterocycles. The SMILES string of the molecule is CC1=C[C@H](O)[C@@]2(C[C@H]3C(C)=CC[C@H]4[C@](C)(CO)CCC[C@]34C)O[C@H]2C1=O. The number of Topliss-reactive ketones (excluding diaryl/α,β-unsaturated/α-hetero) is 1. The van der Waals surface area contributed by atoms with Crippen LogP contribution >= 0.6 is 0 Å². The summed E-state index contributed by atoms with van der Waals surface area (Å²) in [7, 11) is 0. The molecule has 0 spiro atoms. The highest BCUT2D eigenvalue weighted by atomic mass is 16.6. The summed E-state index contributed by atoms with van der Waals surface area (Å²) < 4.78 is 5.89. The molecular weight excluding hydrogens is 328 g/mol. The maximum absolute atomic E-state index is 12.4. The van der Waals surface area contributed by atoms with Gasteiger partial charge in [0.2, 0.25) is 0 Å². The minimum atomic E-state index is -0.742. The predicted octanol–water partition coefficient (Wildman–Crippen LogP) is 3.18. The molecule has 1 saturated heterocycles. The molecule has 2 fully saturated rings. The zero-order valence-electron chi connectivity index (χ0n) is 16.4. The van der Waals surface area contributed by atoms with Gasteiger partial charge in [0.25, 0.3) is 0 Å². The smallest absolute Gasteiger partial charge is 0.190 e. The third kappa shape index (κ3) is 2.35. The third-order valence-electron chi connectivity index (χ3n) is 8.27. The Labute approximate surface area is 156 Å². The van der Waals surface area contributed by atoms with Gasteiger partial charge >= 0.3 is 0 Å². The molecule has 1 heterocycles. The van der Waals surface area contributed by atoms with Crippen molar-refractivity contribution in [3.8, 4) is 0 Å². The maximum atomic E-state index is 12.4. The predicted molar refractivity (Wildman–Crippen MR) is 99.5 cm³/mol. The summed E-state index contributed by atoms with van der Waals surface area (Å²) in [5.41, 5.74) is 1.23. The van der Waals surface area contributed by atoms with E-state index in [0.29, 0.717) is 17.9 Å². The molecule has 0 aromatic heterocycles. The number of ketones is 1. The van der Waals surface area contributed by atoms with Gasteiger partial charge in [-0.2, -0.15) is 0 Å². The molecule has 3 aliphatic carbocycles. The fourth-order valence-electron chi connectivity index (χ4n) is 6.49. The van der Waals surface area contributed by atoms with Crippen molar-refractivity contribution in [1.29, 1.82) is 0 Å². The standard InChI is InChI=1S/C22H32O4/c1-13-6-7-16-20(3,12-23)8-5-9-21(16,4)15(13)11-22-17(24)10-14(2)18(25)19(22)26-22/h6,10,15-17,19,23-24H,5,7-9,11-12H2,1-4H3/t15-,16-,17-,19-,20-,21+,22+/m0/s1. The van der Waals surface area contributed by atoms with E-state index in [1.165, 1.54) is 5.57 Å². The summed E-state index contributed by atoms with van der Waals surface area (Å²) in [4.78, 5) is 12.4. The second kappa shape index (κ2) is 5.76. The van der Waals surface area contributed by atoms with Crippen LogP contribution in [0.4, 0.5) is 0 Å². The van der Waals surface area contributed by atoms with Crippen molar-refractivity contribution in [1.82, 2.24) is 0 Å². The molecule has 0 aromatic carbocycles. The van der Waals surface area contributed by atoms with Crippen LogP contribution < -0.4 is 0 Å². The van der Waals surface area contributed by atoms with Gasteiger partial charge in [0.15, 0.2) is 11.9 Å². The summed E-state index contributed by atoms with van der Waals surface area (Å²) in [6.45, 7) is 8.75. The van der Waals surface area contributed by atoms with E-state index in [2.05, 4.69) is 26.8 Å². The average Bonchev–Trinajstić information content (AvgIpc) is 3.33. The Balaban J connectivity index is 1.67. The summed E-state index contributed by atoms with van der Waals surface area (Å²) in [5, 5.41) is 20.8. The molecule has 0 radical (unpaired) electrons. The highest BCUT2D eigenvalue weighted by Crippen LogP contribution is 2.63. The highest BCUT2D eigenvalue weighted by molar-refractivity contribution is 6.02. The lowest BCUT2D eigenvalue weighted by Gasteiger charge is -2.57. The van der Waals surface area contributed by atoms with Crippen molar-refractivity contribution in [2.45, 2.75) is 77.6 Å². The molecule has 4 aliphatic rings. The zero-order valence-corrected chi connectivity index (χ0v) is 16.4. The number of aliphatic hydroxyl groups is 2. The number of rotatable bonds is 3. The molecule has 0 unspecified atom stereocenters. The second-order valence-corrected chi connectivity index (χ2v) is 9.78. The molecule has 26 heavy (non-hydrogen) atoms. The van der Waals surface area contributed by atoms with Crippen molar-refractivity contribution >= 4 is 5.78 Å². The van der Waals surface area contributed by atoms with Crippen molar-refractivity contribution in [3.63, 3.8) is 0 Å². The van der Waals surface area contributed by atoms with Crippen LogP contribution in [0, 0.1) is 22.7 Å². The fraction of sp³-hybridized carbons (Fsp3) is 0.773. The molecule has 2 N–H and O–H groups in total. The molecule has 4 nitrogen and oxygen atoms in total. The molecule has 4 rings (SSSR count). The van der Waals surface area contributed by atoms with Gasteiger partial charge in [-0.3, -0.25) is 4.79 Å². The molecule has 0 amide bonds. The molecular formula is C22H32O4. The highest BCUT2D eigenvalue weighted by Gasteiger charge is 2.68. The monoisotopic (exact) mass is 360 g/mol. The van der Waals surface area contributed by atoms with Gasteiger partial charge < -0.3 is 14.9 Å². The lowest BCUT2D eigenvalue weighted by atomic mass is 9.47. The number of epoxide rings is 1.